The molecule has 0 spiro atoms. The lowest BCUT2D eigenvalue weighted by Gasteiger charge is -2.23. The Kier molecular flexibility index (Phi) is 5.66. The highest BCUT2D eigenvalue weighted by Crippen LogP contribution is 2.33. The normalized spacial score (nSPS) is 16.1. The third-order valence-electron chi connectivity index (χ3n) is 3.94. The molecule has 0 bridgehead atoms. The van der Waals surface area contributed by atoms with Crippen LogP contribution >= 0.6 is 11.6 Å². The molecule has 5 nitrogen and oxygen atoms in total. The number of anilines is 1. The Labute approximate surface area is 135 Å². The van der Waals surface area contributed by atoms with Crippen LogP contribution in [0.3, 0.4) is 0 Å². The van der Waals surface area contributed by atoms with Crippen LogP contribution in [0.25, 0.3) is 0 Å². The Morgan fingerprint density at radius 2 is 2.00 bits per heavy atom. The Hall–Kier alpha value is -1.75. The number of amides is 2. The predicted octanol–water partition coefficient (Wildman–Crippen LogP) is 2.98. The average molecular weight is 325 g/mol. The van der Waals surface area contributed by atoms with E-state index in [1.54, 1.807) is 18.2 Å². The van der Waals surface area contributed by atoms with Crippen molar-refractivity contribution in [3.63, 3.8) is 0 Å². The lowest BCUT2D eigenvalue weighted by molar-refractivity contribution is -0.126. The molecule has 1 unspecified atom stereocenters. The lowest BCUT2D eigenvalue weighted by atomic mass is 9.97. The number of hydrogen-bond donors (Lipinski definition) is 2. The Morgan fingerprint density at radius 3 is 2.59 bits per heavy atom. The molecular weight excluding hydrogens is 304 g/mol. The summed E-state index contributed by atoms with van der Waals surface area (Å²) in [6, 6.07) is 4.63. The van der Waals surface area contributed by atoms with Crippen molar-refractivity contribution in [2.45, 2.75) is 38.6 Å². The van der Waals surface area contributed by atoms with Gasteiger partial charge in [-0.1, -0.05) is 30.5 Å². The summed E-state index contributed by atoms with van der Waals surface area (Å²) in [7, 11) is 1.50. The fourth-order valence-electron chi connectivity index (χ4n) is 2.93. The van der Waals surface area contributed by atoms with Crippen molar-refractivity contribution in [2.24, 2.45) is 5.92 Å². The fraction of sp³-hybridized carbons (Fsp3) is 0.500. The van der Waals surface area contributed by atoms with Crippen LogP contribution in [-0.2, 0) is 9.59 Å². The highest BCUT2D eigenvalue weighted by Gasteiger charge is 2.31. The van der Waals surface area contributed by atoms with Gasteiger partial charge in [0.1, 0.15) is 6.04 Å². The van der Waals surface area contributed by atoms with E-state index in [1.807, 2.05) is 0 Å². The first-order valence-corrected chi connectivity index (χ1v) is 7.81. The summed E-state index contributed by atoms with van der Waals surface area (Å²) >= 11 is 6.06. The molecule has 22 heavy (non-hydrogen) atoms. The van der Waals surface area contributed by atoms with Crippen LogP contribution in [0, 0.1) is 5.92 Å². The molecule has 0 saturated heterocycles. The quantitative estimate of drug-likeness (QED) is 0.875. The summed E-state index contributed by atoms with van der Waals surface area (Å²) in [6.45, 7) is 1.43. The first-order chi connectivity index (χ1) is 10.5. The van der Waals surface area contributed by atoms with Crippen LogP contribution in [0.4, 0.5) is 5.69 Å². The van der Waals surface area contributed by atoms with Crippen LogP contribution in [0.5, 0.6) is 5.75 Å². The van der Waals surface area contributed by atoms with E-state index in [0.717, 1.165) is 25.7 Å². The van der Waals surface area contributed by atoms with E-state index < -0.39 is 6.04 Å². The molecule has 0 aromatic heterocycles. The number of ether oxygens (including phenoxy) is 1. The van der Waals surface area contributed by atoms with Gasteiger partial charge in [0.25, 0.3) is 0 Å². The zero-order valence-corrected chi connectivity index (χ0v) is 13.6. The zero-order valence-electron chi connectivity index (χ0n) is 12.8. The minimum absolute atomic E-state index is 0.175. The predicted molar refractivity (Wildman–Crippen MR) is 86.2 cm³/mol. The van der Waals surface area contributed by atoms with Crippen molar-refractivity contribution in [3.8, 4) is 5.75 Å². The Morgan fingerprint density at radius 1 is 1.32 bits per heavy atom. The molecule has 2 amide bonds. The van der Waals surface area contributed by atoms with E-state index in [4.69, 9.17) is 16.3 Å². The van der Waals surface area contributed by atoms with Gasteiger partial charge in [0.05, 0.1) is 17.8 Å². The van der Waals surface area contributed by atoms with E-state index in [-0.39, 0.29) is 17.7 Å². The van der Waals surface area contributed by atoms with Gasteiger partial charge in [-0.2, -0.15) is 0 Å². The van der Waals surface area contributed by atoms with Crippen molar-refractivity contribution in [3.05, 3.63) is 23.2 Å². The molecule has 2 rings (SSSR count). The van der Waals surface area contributed by atoms with Gasteiger partial charge in [0.2, 0.25) is 11.8 Å². The molecule has 1 fully saturated rings. The maximum atomic E-state index is 12.6. The monoisotopic (exact) mass is 324 g/mol. The van der Waals surface area contributed by atoms with Crippen molar-refractivity contribution in [1.82, 2.24) is 5.32 Å². The molecular formula is C16H21ClN2O3. The summed E-state index contributed by atoms with van der Waals surface area (Å²) in [6.07, 6.45) is 4.08. The van der Waals surface area contributed by atoms with Crippen molar-refractivity contribution in [1.29, 1.82) is 0 Å². The largest absolute Gasteiger partial charge is 0.493 e. The number of para-hydroxylation sites is 1. The third-order valence-corrected chi connectivity index (χ3v) is 4.24. The van der Waals surface area contributed by atoms with Gasteiger partial charge in [0, 0.05) is 6.92 Å². The zero-order chi connectivity index (χ0) is 16.1. The molecule has 0 radical (unpaired) electrons. The summed E-state index contributed by atoms with van der Waals surface area (Å²) in [5, 5.41) is 6.02. The molecule has 6 heteroatoms. The van der Waals surface area contributed by atoms with Crippen LogP contribution in [0.1, 0.15) is 32.6 Å². The van der Waals surface area contributed by atoms with Crippen LogP contribution in [-0.4, -0.2) is 25.0 Å². The molecule has 1 atom stereocenters. The first-order valence-electron chi connectivity index (χ1n) is 7.43. The highest BCUT2D eigenvalue weighted by molar-refractivity contribution is 6.32. The third kappa shape index (κ3) is 3.91. The fourth-order valence-corrected chi connectivity index (χ4v) is 3.18. The summed E-state index contributed by atoms with van der Waals surface area (Å²) < 4.78 is 5.23. The van der Waals surface area contributed by atoms with E-state index in [0.29, 0.717) is 16.5 Å². The highest BCUT2D eigenvalue weighted by atomic mass is 35.5. The second-order valence-electron chi connectivity index (χ2n) is 5.53. The van der Waals surface area contributed by atoms with Crippen LogP contribution in [0.2, 0.25) is 5.02 Å². The molecule has 1 aromatic carbocycles. The lowest BCUT2D eigenvalue weighted by Crippen LogP contribution is -2.47. The maximum Gasteiger partial charge on any atom is 0.247 e. The van der Waals surface area contributed by atoms with Crippen molar-refractivity contribution >= 4 is 29.1 Å². The minimum Gasteiger partial charge on any atom is -0.493 e. The average Bonchev–Trinajstić information content (AvgIpc) is 2.98. The summed E-state index contributed by atoms with van der Waals surface area (Å²) in [4.78, 5) is 24.0. The van der Waals surface area contributed by atoms with Gasteiger partial charge in [-0.05, 0) is 30.9 Å². The van der Waals surface area contributed by atoms with Gasteiger partial charge >= 0.3 is 0 Å². The molecule has 1 aliphatic rings. The van der Waals surface area contributed by atoms with Crippen LogP contribution < -0.4 is 15.4 Å². The topological polar surface area (TPSA) is 67.4 Å². The number of carbonyl (C=O) groups excluding carboxylic acids is 2. The number of hydrogen-bond acceptors (Lipinski definition) is 3. The van der Waals surface area contributed by atoms with E-state index in [1.165, 1.54) is 14.0 Å². The van der Waals surface area contributed by atoms with Gasteiger partial charge in [-0.25, -0.2) is 0 Å². The van der Waals surface area contributed by atoms with Gasteiger partial charge in [-0.15, -0.1) is 0 Å². The van der Waals surface area contributed by atoms with Gasteiger partial charge in [-0.3, -0.25) is 9.59 Å². The van der Waals surface area contributed by atoms with E-state index in [2.05, 4.69) is 10.6 Å². The van der Waals surface area contributed by atoms with Gasteiger partial charge < -0.3 is 15.4 Å². The second kappa shape index (κ2) is 7.49. The smallest absolute Gasteiger partial charge is 0.247 e. The number of carbonyl (C=O) groups is 2. The van der Waals surface area contributed by atoms with Gasteiger partial charge in [0.15, 0.2) is 5.75 Å². The number of benzene rings is 1. The van der Waals surface area contributed by atoms with Crippen molar-refractivity contribution in [2.75, 3.05) is 12.4 Å². The first kappa shape index (κ1) is 16.6. The maximum absolute atomic E-state index is 12.6. The van der Waals surface area contributed by atoms with Crippen LogP contribution in [0.15, 0.2) is 18.2 Å². The molecule has 1 aliphatic carbocycles. The number of nitrogens with one attached hydrogen (secondary N) is 2. The van der Waals surface area contributed by atoms with E-state index in [9.17, 15) is 9.59 Å². The Balaban J connectivity index is 2.17. The van der Waals surface area contributed by atoms with E-state index >= 15 is 0 Å². The van der Waals surface area contributed by atoms with Crippen molar-refractivity contribution < 1.29 is 14.3 Å². The number of methoxy groups -OCH3 is 1. The molecule has 120 valence electrons. The molecule has 0 aliphatic heterocycles. The molecule has 2 N–H and O–H groups in total. The standard InChI is InChI=1S/C16H21ClN2O3/c1-10(20)18-14(11-6-3-4-7-11)16(21)19-13-9-5-8-12(17)15(13)22-2/h5,8-9,11,14H,3-4,6-7H2,1-2H3,(H,18,20)(H,19,21). The number of halogens is 1. The number of rotatable bonds is 5. The molecule has 1 aromatic rings. The Bertz CT molecular complexity index is 556. The molecule has 0 heterocycles. The SMILES string of the molecule is COc1c(Cl)cccc1NC(=O)C(NC(C)=O)C1CCCC1. The second-order valence-corrected chi connectivity index (χ2v) is 5.94. The summed E-state index contributed by atoms with van der Waals surface area (Å²) in [5.74, 6) is 0.160. The summed E-state index contributed by atoms with van der Waals surface area (Å²) in [5.41, 5.74) is 0.508. The minimum atomic E-state index is -0.524. The molecule has 1 saturated carbocycles.